The van der Waals surface area contributed by atoms with Gasteiger partial charge in [0.1, 0.15) is 22.7 Å². The van der Waals surface area contributed by atoms with E-state index in [4.69, 9.17) is 0 Å². The van der Waals surface area contributed by atoms with Crippen molar-refractivity contribution >= 4 is 15.9 Å². The maximum atomic E-state index is 12.9. The average Bonchev–Trinajstić information content (AvgIpc) is 3.29. The number of aromatic nitrogens is 3. The molecule has 0 aromatic carbocycles. The predicted molar refractivity (Wildman–Crippen MR) is 117 cm³/mol. The van der Waals surface area contributed by atoms with Gasteiger partial charge in [-0.15, -0.1) is 0 Å². The Hall–Kier alpha value is -2.30. The SMILES string of the molecule is CCN1CCN(C(=O)c2cn(-c3ccc(S(=O)(=O)N4CCC[C@H](C)C4)cn3)cn2)CC1. The Morgan fingerprint density at radius 2 is 1.90 bits per heavy atom. The van der Waals surface area contributed by atoms with Crippen LogP contribution in [0.3, 0.4) is 0 Å². The van der Waals surface area contributed by atoms with Gasteiger partial charge in [-0.3, -0.25) is 9.36 Å². The normalized spacial score (nSPS) is 21.4. The molecule has 9 nitrogen and oxygen atoms in total. The number of nitrogens with zero attached hydrogens (tertiary/aromatic N) is 6. The van der Waals surface area contributed by atoms with E-state index in [0.29, 0.717) is 43.6 Å². The van der Waals surface area contributed by atoms with Crippen molar-refractivity contribution in [2.45, 2.75) is 31.6 Å². The summed E-state index contributed by atoms with van der Waals surface area (Å²) in [6.45, 7) is 9.41. The second-order valence-electron chi connectivity index (χ2n) is 8.36. The Morgan fingerprint density at radius 3 is 2.55 bits per heavy atom. The first kappa shape index (κ1) is 21.9. The van der Waals surface area contributed by atoms with Crippen molar-refractivity contribution in [2.75, 3.05) is 45.8 Å². The van der Waals surface area contributed by atoms with Gasteiger partial charge in [-0.1, -0.05) is 13.8 Å². The number of hydrogen-bond donors (Lipinski definition) is 0. The van der Waals surface area contributed by atoms with Crippen molar-refractivity contribution in [3.05, 3.63) is 36.5 Å². The average molecular weight is 447 g/mol. The molecular formula is C21H30N6O3S. The van der Waals surface area contributed by atoms with E-state index < -0.39 is 10.0 Å². The van der Waals surface area contributed by atoms with E-state index in [1.165, 1.54) is 6.20 Å². The molecule has 2 aromatic heterocycles. The zero-order valence-corrected chi connectivity index (χ0v) is 19.0. The lowest BCUT2D eigenvalue weighted by Gasteiger charge is -2.33. The van der Waals surface area contributed by atoms with Gasteiger partial charge in [0.2, 0.25) is 10.0 Å². The molecule has 0 saturated carbocycles. The number of piperidine rings is 1. The van der Waals surface area contributed by atoms with E-state index in [2.05, 4.69) is 28.7 Å². The van der Waals surface area contributed by atoms with Gasteiger partial charge >= 0.3 is 0 Å². The number of imidazole rings is 1. The van der Waals surface area contributed by atoms with Crippen molar-refractivity contribution in [1.82, 2.24) is 28.6 Å². The standard InChI is InChI=1S/C21H30N6O3S/c1-3-24-9-11-25(12-10-24)21(28)19-15-26(16-23-19)20-7-6-18(13-22-20)31(29,30)27-8-4-5-17(2)14-27/h6-7,13,15-17H,3-5,8-12,14H2,1-2H3/t17-/m0/s1. The number of carbonyl (C=O) groups excluding carboxylic acids is 1. The number of hydrogen-bond acceptors (Lipinski definition) is 6. The third kappa shape index (κ3) is 4.65. The van der Waals surface area contributed by atoms with Crippen LogP contribution in [-0.4, -0.2) is 88.8 Å². The number of pyridine rings is 1. The maximum Gasteiger partial charge on any atom is 0.274 e. The van der Waals surface area contributed by atoms with E-state index in [-0.39, 0.29) is 10.8 Å². The van der Waals surface area contributed by atoms with E-state index in [1.54, 1.807) is 33.5 Å². The van der Waals surface area contributed by atoms with Crippen LogP contribution in [0.1, 0.15) is 37.2 Å². The van der Waals surface area contributed by atoms with E-state index in [1.807, 2.05) is 4.90 Å². The molecule has 2 aromatic rings. The van der Waals surface area contributed by atoms with Crippen LogP contribution >= 0.6 is 0 Å². The van der Waals surface area contributed by atoms with Crippen LogP contribution in [0, 0.1) is 5.92 Å². The lowest BCUT2D eigenvalue weighted by molar-refractivity contribution is 0.0638. The molecule has 31 heavy (non-hydrogen) atoms. The molecule has 0 spiro atoms. The largest absolute Gasteiger partial charge is 0.335 e. The Labute approximate surface area is 183 Å². The van der Waals surface area contributed by atoms with Crippen molar-refractivity contribution in [1.29, 1.82) is 0 Å². The first-order chi connectivity index (χ1) is 14.9. The summed E-state index contributed by atoms with van der Waals surface area (Å²) in [5, 5.41) is 0. The van der Waals surface area contributed by atoms with Crippen molar-refractivity contribution in [3.8, 4) is 5.82 Å². The van der Waals surface area contributed by atoms with Gasteiger partial charge in [0, 0.05) is 51.7 Å². The summed E-state index contributed by atoms with van der Waals surface area (Å²) in [5.74, 6) is 0.795. The highest BCUT2D eigenvalue weighted by atomic mass is 32.2. The van der Waals surface area contributed by atoms with Crippen LogP contribution in [0.5, 0.6) is 0 Å². The van der Waals surface area contributed by atoms with Crippen LogP contribution in [-0.2, 0) is 10.0 Å². The molecule has 0 N–H and O–H groups in total. The third-order valence-electron chi connectivity index (χ3n) is 6.15. The summed E-state index contributed by atoms with van der Waals surface area (Å²) >= 11 is 0. The number of carbonyl (C=O) groups is 1. The number of rotatable bonds is 5. The minimum absolute atomic E-state index is 0.0899. The molecule has 4 rings (SSSR count). The smallest absolute Gasteiger partial charge is 0.274 e. The highest BCUT2D eigenvalue weighted by Crippen LogP contribution is 2.23. The van der Waals surface area contributed by atoms with Crippen LogP contribution in [0.4, 0.5) is 0 Å². The summed E-state index contributed by atoms with van der Waals surface area (Å²) in [6, 6.07) is 3.22. The monoisotopic (exact) mass is 446 g/mol. The molecule has 0 radical (unpaired) electrons. The zero-order valence-electron chi connectivity index (χ0n) is 18.1. The number of amides is 1. The van der Waals surface area contributed by atoms with Crippen molar-refractivity contribution in [2.24, 2.45) is 5.92 Å². The van der Waals surface area contributed by atoms with Gasteiger partial charge < -0.3 is 9.80 Å². The molecule has 4 heterocycles. The lowest BCUT2D eigenvalue weighted by atomic mass is 10.0. The minimum Gasteiger partial charge on any atom is -0.335 e. The summed E-state index contributed by atoms with van der Waals surface area (Å²) in [5.41, 5.74) is 0.366. The fourth-order valence-electron chi connectivity index (χ4n) is 4.18. The Bertz CT molecular complexity index is 1010. The molecule has 0 aliphatic carbocycles. The quantitative estimate of drug-likeness (QED) is 0.691. The van der Waals surface area contributed by atoms with Crippen molar-refractivity contribution < 1.29 is 13.2 Å². The second kappa shape index (κ2) is 9.05. The first-order valence-corrected chi connectivity index (χ1v) is 12.3. The molecule has 1 atom stereocenters. The molecule has 2 aliphatic heterocycles. The van der Waals surface area contributed by atoms with Crippen LogP contribution in [0.15, 0.2) is 35.7 Å². The molecule has 2 fully saturated rings. The lowest BCUT2D eigenvalue weighted by Crippen LogP contribution is -2.48. The van der Waals surface area contributed by atoms with Crippen LogP contribution in [0.25, 0.3) is 5.82 Å². The molecule has 0 unspecified atom stereocenters. The van der Waals surface area contributed by atoms with Gasteiger partial charge in [-0.25, -0.2) is 18.4 Å². The molecule has 2 aliphatic rings. The topological polar surface area (TPSA) is 91.6 Å². The summed E-state index contributed by atoms with van der Waals surface area (Å²) < 4.78 is 29.0. The highest BCUT2D eigenvalue weighted by Gasteiger charge is 2.29. The first-order valence-electron chi connectivity index (χ1n) is 10.9. The number of piperazine rings is 1. The second-order valence-corrected chi connectivity index (χ2v) is 10.3. The van der Waals surface area contributed by atoms with Gasteiger partial charge in [0.05, 0.1) is 0 Å². The Balaban J connectivity index is 1.45. The van der Waals surface area contributed by atoms with Gasteiger partial charge in [-0.2, -0.15) is 4.31 Å². The fourth-order valence-corrected chi connectivity index (χ4v) is 5.72. The Kier molecular flexibility index (Phi) is 6.40. The number of sulfonamides is 1. The third-order valence-corrected chi connectivity index (χ3v) is 8.00. The molecule has 1 amide bonds. The van der Waals surface area contributed by atoms with Gasteiger partial charge in [-0.05, 0) is 37.4 Å². The minimum atomic E-state index is -3.54. The van der Waals surface area contributed by atoms with Crippen LogP contribution < -0.4 is 0 Å². The molecule has 168 valence electrons. The zero-order chi connectivity index (χ0) is 22.0. The fraction of sp³-hybridized carbons (Fsp3) is 0.571. The highest BCUT2D eigenvalue weighted by molar-refractivity contribution is 7.89. The summed E-state index contributed by atoms with van der Waals surface area (Å²) in [6.07, 6.45) is 6.51. The van der Waals surface area contributed by atoms with Crippen LogP contribution in [0.2, 0.25) is 0 Å². The van der Waals surface area contributed by atoms with E-state index >= 15 is 0 Å². The summed E-state index contributed by atoms with van der Waals surface area (Å²) in [4.78, 5) is 25.6. The van der Waals surface area contributed by atoms with E-state index in [9.17, 15) is 13.2 Å². The molecule has 2 saturated heterocycles. The molecular weight excluding hydrogens is 416 g/mol. The van der Waals surface area contributed by atoms with E-state index in [0.717, 1.165) is 32.5 Å². The molecule has 10 heteroatoms. The maximum absolute atomic E-state index is 12.9. The van der Waals surface area contributed by atoms with Gasteiger partial charge in [0.15, 0.2) is 0 Å². The Morgan fingerprint density at radius 1 is 1.13 bits per heavy atom. The summed E-state index contributed by atoms with van der Waals surface area (Å²) in [7, 11) is -3.54. The number of likely N-dealkylation sites (N-methyl/N-ethyl adjacent to an activating group) is 1. The molecule has 0 bridgehead atoms. The van der Waals surface area contributed by atoms with Crippen molar-refractivity contribution in [3.63, 3.8) is 0 Å². The van der Waals surface area contributed by atoms with Gasteiger partial charge in [0.25, 0.3) is 5.91 Å². The predicted octanol–water partition coefficient (Wildman–Crippen LogP) is 1.47.